The van der Waals surface area contributed by atoms with Crippen molar-refractivity contribution in [1.29, 1.82) is 0 Å². The fraction of sp³-hybridized carbons (Fsp3) is 0.429. The topological polar surface area (TPSA) is 67.9 Å². The van der Waals surface area contributed by atoms with Crippen molar-refractivity contribution < 1.29 is 19.1 Å². The Morgan fingerprint density at radius 3 is 2.70 bits per heavy atom. The maximum Gasteiger partial charge on any atom is 0.262 e. The van der Waals surface area contributed by atoms with E-state index < -0.39 is 0 Å². The predicted molar refractivity (Wildman–Crippen MR) is 74.4 cm³/mol. The largest absolute Gasteiger partial charge is 0.493 e. The standard InChI is InChI=1S/C14H18N2O4/c1-4-16(5-2)14(18)9-6-10-13(11(7-9)19-3)20-8-12(17)15-10/h6-7H,4-5,8H2,1-3H3,(H,15,17). The van der Waals surface area contributed by atoms with E-state index in [9.17, 15) is 9.59 Å². The van der Waals surface area contributed by atoms with E-state index in [4.69, 9.17) is 9.47 Å². The molecule has 1 heterocycles. The van der Waals surface area contributed by atoms with Crippen LogP contribution in [-0.4, -0.2) is 43.5 Å². The van der Waals surface area contributed by atoms with Crippen molar-refractivity contribution in [1.82, 2.24) is 4.90 Å². The first-order valence-electron chi connectivity index (χ1n) is 6.54. The van der Waals surface area contributed by atoms with Gasteiger partial charge in [0.15, 0.2) is 18.1 Å². The van der Waals surface area contributed by atoms with Crippen molar-refractivity contribution in [2.75, 3.05) is 32.1 Å². The number of ether oxygens (including phenoxy) is 2. The smallest absolute Gasteiger partial charge is 0.262 e. The Bertz CT molecular complexity index is 538. The molecule has 0 fully saturated rings. The molecule has 0 radical (unpaired) electrons. The first kappa shape index (κ1) is 14.2. The lowest BCUT2D eigenvalue weighted by atomic mass is 10.1. The van der Waals surface area contributed by atoms with E-state index in [1.54, 1.807) is 17.0 Å². The fourth-order valence-corrected chi connectivity index (χ4v) is 2.14. The average molecular weight is 278 g/mol. The van der Waals surface area contributed by atoms with Crippen LogP contribution < -0.4 is 14.8 Å². The number of nitrogens with zero attached hydrogens (tertiary/aromatic N) is 1. The van der Waals surface area contributed by atoms with Crippen LogP contribution in [0.1, 0.15) is 24.2 Å². The Labute approximate surface area is 117 Å². The lowest BCUT2D eigenvalue weighted by Gasteiger charge is -2.23. The SMILES string of the molecule is CCN(CC)C(=O)c1cc2c(c(OC)c1)OCC(=O)N2. The van der Waals surface area contributed by atoms with E-state index in [0.29, 0.717) is 35.8 Å². The van der Waals surface area contributed by atoms with Crippen LogP contribution in [0, 0.1) is 0 Å². The molecule has 0 spiro atoms. The summed E-state index contributed by atoms with van der Waals surface area (Å²) in [4.78, 5) is 25.4. The van der Waals surface area contributed by atoms with Gasteiger partial charge in [-0.2, -0.15) is 0 Å². The Kier molecular flexibility index (Phi) is 4.12. The molecule has 2 amide bonds. The van der Waals surface area contributed by atoms with Crippen molar-refractivity contribution in [2.24, 2.45) is 0 Å². The van der Waals surface area contributed by atoms with E-state index >= 15 is 0 Å². The second-order valence-electron chi connectivity index (χ2n) is 4.37. The molecule has 1 aromatic carbocycles. The predicted octanol–water partition coefficient (Wildman–Crippen LogP) is 1.51. The molecule has 0 bridgehead atoms. The summed E-state index contributed by atoms with van der Waals surface area (Å²) in [6, 6.07) is 3.26. The Hall–Kier alpha value is -2.24. The summed E-state index contributed by atoms with van der Waals surface area (Å²) >= 11 is 0. The highest BCUT2D eigenvalue weighted by molar-refractivity contribution is 6.01. The van der Waals surface area contributed by atoms with E-state index in [0.717, 1.165) is 0 Å². The van der Waals surface area contributed by atoms with Crippen LogP contribution in [0.3, 0.4) is 0 Å². The number of amides is 2. The second-order valence-corrected chi connectivity index (χ2v) is 4.37. The van der Waals surface area contributed by atoms with Gasteiger partial charge >= 0.3 is 0 Å². The third kappa shape index (κ3) is 2.54. The molecule has 2 rings (SSSR count). The summed E-state index contributed by atoms with van der Waals surface area (Å²) in [5.74, 6) is 0.559. The van der Waals surface area contributed by atoms with E-state index in [2.05, 4.69) is 5.32 Å². The van der Waals surface area contributed by atoms with E-state index in [-0.39, 0.29) is 18.4 Å². The van der Waals surface area contributed by atoms with Gasteiger partial charge in [0, 0.05) is 18.7 Å². The Balaban J connectivity index is 2.43. The van der Waals surface area contributed by atoms with Crippen LogP contribution in [0.4, 0.5) is 5.69 Å². The van der Waals surface area contributed by atoms with Crippen LogP contribution >= 0.6 is 0 Å². The Morgan fingerprint density at radius 1 is 1.40 bits per heavy atom. The summed E-state index contributed by atoms with van der Waals surface area (Å²) in [5, 5.41) is 2.69. The molecule has 6 heteroatoms. The number of carbonyl (C=O) groups excluding carboxylic acids is 2. The first-order chi connectivity index (χ1) is 9.60. The molecule has 20 heavy (non-hydrogen) atoms. The average Bonchev–Trinajstić information content (AvgIpc) is 2.46. The van der Waals surface area contributed by atoms with Crippen LogP contribution in [0.25, 0.3) is 0 Å². The number of hydrogen-bond donors (Lipinski definition) is 1. The number of hydrogen-bond acceptors (Lipinski definition) is 4. The zero-order valence-corrected chi connectivity index (χ0v) is 11.9. The Morgan fingerprint density at radius 2 is 2.10 bits per heavy atom. The van der Waals surface area contributed by atoms with Crippen LogP contribution in [0.5, 0.6) is 11.5 Å². The van der Waals surface area contributed by atoms with Gasteiger partial charge in [-0.1, -0.05) is 0 Å². The third-order valence-corrected chi connectivity index (χ3v) is 3.19. The molecule has 6 nitrogen and oxygen atoms in total. The monoisotopic (exact) mass is 278 g/mol. The van der Waals surface area contributed by atoms with Crippen LogP contribution in [0.15, 0.2) is 12.1 Å². The van der Waals surface area contributed by atoms with Crippen molar-refractivity contribution >= 4 is 17.5 Å². The number of nitrogens with one attached hydrogen (secondary N) is 1. The van der Waals surface area contributed by atoms with Gasteiger partial charge in [-0.15, -0.1) is 0 Å². The normalized spacial score (nSPS) is 13.1. The third-order valence-electron chi connectivity index (χ3n) is 3.19. The van der Waals surface area contributed by atoms with E-state index in [1.165, 1.54) is 7.11 Å². The van der Waals surface area contributed by atoms with Gasteiger partial charge < -0.3 is 19.7 Å². The van der Waals surface area contributed by atoms with Gasteiger partial charge in [0.1, 0.15) is 0 Å². The molecule has 0 aliphatic carbocycles. The summed E-state index contributed by atoms with van der Waals surface area (Å²) in [5.41, 5.74) is 0.936. The molecular formula is C14H18N2O4. The van der Waals surface area contributed by atoms with Crippen molar-refractivity contribution in [3.8, 4) is 11.5 Å². The second kappa shape index (κ2) is 5.81. The molecule has 1 aromatic rings. The number of rotatable bonds is 4. The summed E-state index contributed by atoms with van der Waals surface area (Å²) in [7, 11) is 1.50. The minimum absolute atomic E-state index is 0.0489. The number of carbonyl (C=O) groups is 2. The fourth-order valence-electron chi connectivity index (χ4n) is 2.14. The van der Waals surface area contributed by atoms with Gasteiger partial charge in [0.25, 0.3) is 11.8 Å². The molecule has 1 aliphatic heterocycles. The quantitative estimate of drug-likeness (QED) is 0.906. The van der Waals surface area contributed by atoms with Gasteiger partial charge in [-0.25, -0.2) is 0 Å². The van der Waals surface area contributed by atoms with Crippen molar-refractivity contribution in [3.05, 3.63) is 17.7 Å². The number of methoxy groups -OCH3 is 1. The summed E-state index contributed by atoms with van der Waals surface area (Å²) in [6.45, 7) is 5.03. The highest BCUT2D eigenvalue weighted by Crippen LogP contribution is 2.38. The van der Waals surface area contributed by atoms with Gasteiger partial charge in [-0.3, -0.25) is 9.59 Å². The molecule has 108 valence electrons. The maximum absolute atomic E-state index is 12.4. The molecule has 0 aromatic heterocycles. The van der Waals surface area contributed by atoms with Gasteiger partial charge in [0.2, 0.25) is 0 Å². The van der Waals surface area contributed by atoms with E-state index in [1.807, 2.05) is 13.8 Å². The van der Waals surface area contributed by atoms with Crippen molar-refractivity contribution in [2.45, 2.75) is 13.8 Å². The minimum Gasteiger partial charge on any atom is -0.493 e. The number of benzene rings is 1. The molecule has 1 aliphatic rings. The zero-order valence-electron chi connectivity index (χ0n) is 11.9. The van der Waals surface area contributed by atoms with Gasteiger partial charge in [-0.05, 0) is 26.0 Å². The molecular weight excluding hydrogens is 260 g/mol. The highest BCUT2D eigenvalue weighted by atomic mass is 16.5. The van der Waals surface area contributed by atoms with Crippen molar-refractivity contribution in [3.63, 3.8) is 0 Å². The van der Waals surface area contributed by atoms with Crippen LogP contribution in [-0.2, 0) is 4.79 Å². The molecule has 0 unspecified atom stereocenters. The maximum atomic E-state index is 12.4. The lowest BCUT2D eigenvalue weighted by molar-refractivity contribution is -0.118. The molecule has 0 saturated carbocycles. The molecule has 0 saturated heterocycles. The number of fused-ring (bicyclic) bond motifs is 1. The molecule has 0 atom stereocenters. The lowest BCUT2D eigenvalue weighted by Crippen LogP contribution is -2.31. The van der Waals surface area contributed by atoms with Gasteiger partial charge in [0.05, 0.1) is 12.8 Å². The highest BCUT2D eigenvalue weighted by Gasteiger charge is 2.24. The minimum atomic E-state index is -0.244. The summed E-state index contributed by atoms with van der Waals surface area (Å²) < 4.78 is 10.6. The molecule has 1 N–H and O–H groups in total. The zero-order chi connectivity index (χ0) is 14.7. The number of anilines is 1. The first-order valence-corrected chi connectivity index (χ1v) is 6.54. The van der Waals surface area contributed by atoms with Crippen LogP contribution in [0.2, 0.25) is 0 Å². The summed E-state index contributed by atoms with van der Waals surface area (Å²) in [6.07, 6.45) is 0.